The van der Waals surface area contributed by atoms with Crippen molar-refractivity contribution in [2.45, 2.75) is 59.5 Å². The monoisotopic (exact) mass is 195 g/mol. The lowest BCUT2D eigenvalue weighted by atomic mass is 10.0. The van der Waals surface area contributed by atoms with Gasteiger partial charge in [-0.05, 0) is 30.6 Å². The van der Waals surface area contributed by atoms with Crippen LogP contribution in [0.5, 0.6) is 0 Å². The van der Waals surface area contributed by atoms with Gasteiger partial charge in [0, 0.05) is 12.1 Å². The Labute approximate surface area is 89.0 Å². The number of hydrogen-bond acceptors (Lipinski definition) is 1. The van der Waals surface area contributed by atoms with Crippen molar-refractivity contribution in [3.63, 3.8) is 0 Å². The minimum Gasteiger partial charge on any atom is -0.310 e. The van der Waals surface area contributed by atoms with E-state index in [2.05, 4.69) is 46.5 Å². The van der Waals surface area contributed by atoms with Crippen LogP contribution >= 0.6 is 0 Å². The van der Waals surface area contributed by atoms with Crippen molar-refractivity contribution in [1.29, 1.82) is 0 Å². The Morgan fingerprint density at radius 3 is 2.14 bits per heavy atom. The molecule has 0 spiro atoms. The summed E-state index contributed by atoms with van der Waals surface area (Å²) in [5.74, 6) is 0. The first-order valence-corrected chi connectivity index (χ1v) is 5.71. The first kappa shape index (κ1) is 11.8. The lowest BCUT2D eigenvalue weighted by molar-refractivity contribution is 0.457. The van der Waals surface area contributed by atoms with Crippen LogP contribution in [-0.4, -0.2) is 12.1 Å². The van der Waals surface area contributed by atoms with Crippen LogP contribution in [0.15, 0.2) is 12.7 Å². The summed E-state index contributed by atoms with van der Waals surface area (Å²) in [5, 5.41) is 3.72. The van der Waals surface area contributed by atoms with Gasteiger partial charge in [-0.3, -0.25) is 0 Å². The topological polar surface area (TPSA) is 12.0 Å². The summed E-state index contributed by atoms with van der Waals surface area (Å²) in [6.07, 6.45) is 4.31. The molecule has 14 heavy (non-hydrogen) atoms. The van der Waals surface area contributed by atoms with E-state index in [-0.39, 0.29) is 0 Å². The molecule has 1 N–H and O–H groups in total. The van der Waals surface area contributed by atoms with E-state index in [1.807, 2.05) is 6.08 Å². The summed E-state index contributed by atoms with van der Waals surface area (Å²) >= 11 is 0. The number of allylic oxidation sites excluding steroid dienone is 1. The Hall–Kier alpha value is -0.300. The van der Waals surface area contributed by atoms with Gasteiger partial charge >= 0.3 is 0 Å². The molecule has 0 aliphatic heterocycles. The van der Waals surface area contributed by atoms with Crippen LogP contribution in [0, 0.1) is 10.8 Å². The van der Waals surface area contributed by atoms with E-state index in [4.69, 9.17) is 0 Å². The molecular weight excluding hydrogens is 170 g/mol. The van der Waals surface area contributed by atoms with Gasteiger partial charge in [0.15, 0.2) is 0 Å². The van der Waals surface area contributed by atoms with Crippen LogP contribution < -0.4 is 5.32 Å². The maximum atomic E-state index is 3.76. The standard InChI is InChI=1S/C13H25N/c1-7-8-9-10(2)14-11-12(3,4)13(11,5)6/h7,10-11,14H,1,8-9H2,2-6H3. The maximum absolute atomic E-state index is 3.76. The molecule has 1 aliphatic carbocycles. The number of nitrogens with one attached hydrogen (secondary N) is 1. The van der Waals surface area contributed by atoms with Crippen LogP contribution in [0.25, 0.3) is 0 Å². The SMILES string of the molecule is C=CCCC(C)NC1C(C)(C)C1(C)C. The molecule has 82 valence electrons. The Morgan fingerprint density at radius 1 is 1.29 bits per heavy atom. The van der Waals surface area contributed by atoms with E-state index in [1.165, 1.54) is 6.42 Å². The quantitative estimate of drug-likeness (QED) is 0.663. The second-order valence-corrected chi connectivity index (χ2v) is 5.81. The highest BCUT2D eigenvalue weighted by Gasteiger charge is 2.64. The molecule has 1 heteroatoms. The molecule has 1 fully saturated rings. The molecule has 0 heterocycles. The molecule has 0 aromatic carbocycles. The fraction of sp³-hybridized carbons (Fsp3) is 0.846. The van der Waals surface area contributed by atoms with E-state index in [0.29, 0.717) is 22.9 Å². The highest BCUT2D eigenvalue weighted by molar-refractivity contribution is 5.18. The average molecular weight is 195 g/mol. The Bertz CT molecular complexity index is 201. The van der Waals surface area contributed by atoms with Gasteiger partial charge in [0.1, 0.15) is 0 Å². The summed E-state index contributed by atoms with van der Waals surface area (Å²) in [4.78, 5) is 0. The van der Waals surface area contributed by atoms with Gasteiger partial charge in [-0.15, -0.1) is 6.58 Å². The third kappa shape index (κ3) is 1.88. The summed E-state index contributed by atoms with van der Waals surface area (Å²) in [7, 11) is 0. The smallest absolute Gasteiger partial charge is 0.0183 e. The molecule has 0 aromatic heterocycles. The first-order valence-electron chi connectivity index (χ1n) is 5.71. The Balaban J connectivity index is 2.37. The van der Waals surface area contributed by atoms with Crippen LogP contribution in [0.2, 0.25) is 0 Å². The van der Waals surface area contributed by atoms with E-state index < -0.39 is 0 Å². The van der Waals surface area contributed by atoms with Gasteiger partial charge in [0.2, 0.25) is 0 Å². The van der Waals surface area contributed by atoms with Gasteiger partial charge in [-0.25, -0.2) is 0 Å². The molecule has 0 radical (unpaired) electrons. The minimum absolute atomic E-state index is 0.454. The molecule has 1 saturated carbocycles. The van der Waals surface area contributed by atoms with Crippen molar-refractivity contribution in [3.05, 3.63) is 12.7 Å². The van der Waals surface area contributed by atoms with E-state index in [9.17, 15) is 0 Å². The van der Waals surface area contributed by atoms with Gasteiger partial charge in [0.25, 0.3) is 0 Å². The normalized spacial score (nSPS) is 25.8. The van der Waals surface area contributed by atoms with Gasteiger partial charge in [-0.2, -0.15) is 0 Å². The lowest BCUT2D eigenvalue weighted by Crippen LogP contribution is -2.31. The second kappa shape index (κ2) is 3.69. The molecule has 0 aromatic rings. The first-order chi connectivity index (χ1) is 6.34. The zero-order chi connectivity index (χ0) is 11.0. The van der Waals surface area contributed by atoms with Crippen molar-refractivity contribution < 1.29 is 0 Å². The van der Waals surface area contributed by atoms with Gasteiger partial charge < -0.3 is 5.32 Å². The van der Waals surface area contributed by atoms with Crippen molar-refractivity contribution in [3.8, 4) is 0 Å². The fourth-order valence-corrected chi connectivity index (χ4v) is 2.35. The predicted octanol–water partition coefficient (Wildman–Crippen LogP) is 3.37. The maximum Gasteiger partial charge on any atom is 0.0183 e. The van der Waals surface area contributed by atoms with Gasteiger partial charge in [-0.1, -0.05) is 33.8 Å². The average Bonchev–Trinajstić information content (AvgIpc) is 2.44. The predicted molar refractivity (Wildman–Crippen MR) is 63.4 cm³/mol. The molecule has 0 bridgehead atoms. The zero-order valence-electron chi connectivity index (χ0n) is 10.4. The summed E-state index contributed by atoms with van der Waals surface area (Å²) in [5.41, 5.74) is 0.908. The van der Waals surface area contributed by atoms with E-state index >= 15 is 0 Å². The second-order valence-electron chi connectivity index (χ2n) is 5.81. The van der Waals surface area contributed by atoms with Crippen molar-refractivity contribution in [1.82, 2.24) is 5.32 Å². The van der Waals surface area contributed by atoms with E-state index in [1.54, 1.807) is 0 Å². The van der Waals surface area contributed by atoms with Crippen LogP contribution in [-0.2, 0) is 0 Å². The highest BCUT2D eigenvalue weighted by Crippen LogP contribution is 2.62. The van der Waals surface area contributed by atoms with Crippen LogP contribution in [0.3, 0.4) is 0 Å². The molecule has 1 aliphatic rings. The van der Waals surface area contributed by atoms with E-state index in [0.717, 1.165) is 6.42 Å². The fourth-order valence-electron chi connectivity index (χ4n) is 2.35. The third-order valence-electron chi connectivity index (χ3n) is 4.28. The van der Waals surface area contributed by atoms with Crippen molar-refractivity contribution in [2.24, 2.45) is 10.8 Å². The van der Waals surface area contributed by atoms with Crippen LogP contribution in [0.1, 0.15) is 47.5 Å². The zero-order valence-corrected chi connectivity index (χ0v) is 10.4. The Morgan fingerprint density at radius 2 is 1.79 bits per heavy atom. The third-order valence-corrected chi connectivity index (χ3v) is 4.28. The molecule has 1 rings (SSSR count). The summed E-state index contributed by atoms with van der Waals surface area (Å²) in [6.45, 7) is 15.4. The molecule has 1 unspecified atom stereocenters. The van der Waals surface area contributed by atoms with Crippen molar-refractivity contribution in [2.75, 3.05) is 0 Å². The Kier molecular flexibility index (Phi) is 3.10. The van der Waals surface area contributed by atoms with Gasteiger partial charge in [0.05, 0.1) is 0 Å². The highest BCUT2D eigenvalue weighted by atomic mass is 15.1. The largest absolute Gasteiger partial charge is 0.310 e. The lowest BCUT2D eigenvalue weighted by Gasteiger charge is -2.14. The molecule has 0 amide bonds. The minimum atomic E-state index is 0.454. The van der Waals surface area contributed by atoms with Crippen molar-refractivity contribution >= 4 is 0 Å². The molecule has 1 atom stereocenters. The number of hydrogen-bond donors (Lipinski definition) is 1. The van der Waals surface area contributed by atoms with Crippen LogP contribution in [0.4, 0.5) is 0 Å². The molecule has 0 saturated heterocycles. The summed E-state index contributed by atoms with van der Waals surface area (Å²) in [6, 6.07) is 1.29. The number of rotatable bonds is 5. The molecular formula is C13H25N. The summed E-state index contributed by atoms with van der Waals surface area (Å²) < 4.78 is 0. The molecule has 1 nitrogen and oxygen atoms in total.